The quantitative estimate of drug-likeness (QED) is 0.260. The number of hydrogen-bond acceptors (Lipinski definition) is 6. The van der Waals surface area contributed by atoms with Crippen LogP contribution in [0.3, 0.4) is 0 Å². The van der Waals surface area contributed by atoms with Crippen LogP contribution in [0.5, 0.6) is 5.75 Å². The summed E-state index contributed by atoms with van der Waals surface area (Å²) in [4.78, 5) is 24.1. The van der Waals surface area contributed by atoms with Crippen LogP contribution in [0, 0.1) is 10.1 Å². The summed E-state index contributed by atoms with van der Waals surface area (Å²) in [7, 11) is 0. The molecular formula is C21H15Cl2N3O4S. The molecule has 0 aliphatic carbocycles. The second-order valence-corrected chi connectivity index (χ2v) is 8.06. The molecule has 158 valence electrons. The van der Waals surface area contributed by atoms with Gasteiger partial charge < -0.3 is 4.74 Å². The van der Waals surface area contributed by atoms with Crippen LogP contribution < -0.4 is 10.2 Å². The summed E-state index contributed by atoms with van der Waals surface area (Å²) in [6.45, 7) is -0.240. The predicted molar refractivity (Wildman–Crippen MR) is 121 cm³/mol. The number of hydrazone groups is 1. The number of nitrogens with one attached hydrogen (secondary N) is 1. The molecule has 10 heteroatoms. The van der Waals surface area contributed by atoms with Gasteiger partial charge in [0.1, 0.15) is 5.75 Å². The molecule has 0 atom stereocenters. The Morgan fingerprint density at radius 2 is 1.71 bits per heavy atom. The van der Waals surface area contributed by atoms with E-state index >= 15 is 0 Å². The summed E-state index contributed by atoms with van der Waals surface area (Å²) >= 11 is 12.9. The number of amides is 1. The number of benzene rings is 3. The van der Waals surface area contributed by atoms with Crippen LogP contribution in [-0.4, -0.2) is 23.7 Å². The largest absolute Gasteiger partial charge is 0.484 e. The molecule has 0 saturated carbocycles. The fourth-order valence-electron chi connectivity index (χ4n) is 2.36. The van der Waals surface area contributed by atoms with Crippen molar-refractivity contribution in [2.45, 2.75) is 9.79 Å². The number of nitrogens with zero attached hydrogens (tertiary/aromatic N) is 2. The van der Waals surface area contributed by atoms with Crippen molar-refractivity contribution < 1.29 is 14.5 Å². The molecule has 0 spiro atoms. The molecule has 3 rings (SSSR count). The Hall–Kier alpha value is -3.07. The number of hydrogen-bond donors (Lipinski definition) is 1. The van der Waals surface area contributed by atoms with Crippen LogP contribution in [0.15, 0.2) is 81.6 Å². The Morgan fingerprint density at radius 3 is 2.35 bits per heavy atom. The van der Waals surface area contributed by atoms with Gasteiger partial charge in [0.05, 0.1) is 16.0 Å². The maximum Gasteiger partial charge on any atom is 0.283 e. The van der Waals surface area contributed by atoms with E-state index in [-0.39, 0.29) is 12.3 Å². The average Bonchev–Trinajstić information content (AvgIpc) is 2.75. The monoisotopic (exact) mass is 475 g/mol. The fraction of sp³-hybridized carbons (Fsp3) is 0.0476. The van der Waals surface area contributed by atoms with E-state index in [2.05, 4.69) is 10.5 Å². The fourth-order valence-corrected chi connectivity index (χ4v) is 3.52. The number of nitro benzene ring substituents is 1. The highest BCUT2D eigenvalue weighted by Crippen LogP contribution is 2.35. The third kappa shape index (κ3) is 6.99. The minimum atomic E-state index is -0.476. The van der Waals surface area contributed by atoms with Crippen molar-refractivity contribution in [2.75, 3.05) is 6.61 Å². The van der Waals surface area contributed by atoms with Gasteiger partial charge in [0.25, 0.3) is 11.6 Å². The van der Waals surface area contributed by atoms with Crippen molar-refractivity contribution in [3.63, 3.8) is 0 Å². The van der Waals surface area contributed by atoms with E-state index < -0.39 is 10.8 Å². The maximum absolute atomic E-state index is 11.8. The molecule has 3 aromatic carbocycles. The molecule has 0 aromatic heterocycles. The Balaban J connectivity index is 1.60. The zero-order chi connectivity index (χ0) is 22.2. The molecular weight excluding hydrogens is 461 g/mol. The third-order valence-corrected chi connectivity index (χ3v) is 5.38. The molecule has 0 unspecified atom stereocenters. The highest BCUT2D eigenvalue weighted by atomic mass is 35.5. The predicted octanol–water partition coefficient (Wildman–Crippen LogP) is 5.58. The number of halogens is 2. The van der Waals surface area contributed by atoms with Gasteiger partial charge in [-0.2, -0.15) is 5.10 Å². The molecule has 1 amide bonds. The molecule has 31 heavy (non-hydrogen) atoms. The van der Waals surface area contributed by atoms with Gasteiger partial charge in [-0.25, -0.2) is 5.43 Å². The molecule has 0 aliphatic heterocycles. The van der Waals surface area contributed by atoms with E-state index in [0.29, 0.717) is 26.3 Å². The lowest BCUT2D eigenvalue weighted by Gasteiger charge is -2.05. The molecule has 0 aliphatic rings. The molecule has 0 saturated heterocycles. The summed E-state index contributed by atoms with van der Waals surface area (Å²) in [6, 6.07) is 18.3. The summed E-state index contributed by atoms with van der Waals surface area (Å²) in [5.41, 5.74) is 2.71. The number of carbonyl (C=O) groups is 1. The molecule has 3 aromatic rings. The van der Waals surface area contributed by atoms with Crippen molar-refractivity contribution in [3.05, 3.63) is 92.5 Å². The van der Waals surface area contributed by atoms with Crippen LogP contribution >= 0.6 is 35.0 Å². The first-order valence-electron chi connectivity index (χ1n) is 8.83. The average molecular weight is 476 g/mol. The topological polar surface area (TPSA) is 93.8 Å². The second-order valence-electron chi connectivity index (χ2n) is 6.08. The first kappa shape index (κ1) is 22.6. The van der Waals surface area contributed by atoms with Crippen molar-refractivity contribution >= 4 is 52.8 Å². The van der Waals surface area contributed by atoms with Crippen molar-refractivity contribution in [3.8, 4) is 5.75 Å². The van der Waals surface area contributed by atoms with E-state index in [1.54, 1.807) is 60.7 Å². The van der Waals surface area contributed by atoms with Crippen LogP contribution in [-0.2, 0) is 4.79 Å². The minimum absolute atomic E-state index is 0.0682. The highest BCUT2D eigenvalue weighted by molar-refractivity contribution is 7.99. The van der Waals surface area contributed by atoms with Gasteiger partial charge in [0.2, 0.25) is 0 Å². The van der Waals surface area contributed by atoms with Crippen LogP contribution in [0.2, 0.25) is 10.0 Å². The lowest BCUT2D eigenvalue weighted by molar-refractivity contribution is -0.387. The number of nitro groups is 1. The molecule has 1 N–H and O–H groups in total. The molecule has 7 nitrogen and oxygen atoms in total. The third-order valence-electron chi connectivity index (χ3n) is 3.81. The molecule has 0 bridgehead atoms. The van der Waals surface area contributed by atoms with Gasteiger partial charge in [0.15, 0.2) is 6.61 Å². The normalized spacial score (nSPS) is 10.8. The molecule has 0 fully saturated rings. The molecule has 0 heterocycles. The number of rotatable bonds is 8. The van der Waals surface area contributed by atoms with E-state index in [9.17, 15) is 14.9 Å². The Bertz CT molecular complexity index is 1110. The van der Waals surface area contributed by atoms with E-state index in [0.717, 1.165) is 4.90 Å². The van der Waals surface area contributed by atoms with Gasteiger partial charge in [-0.1, -0.05) is 41.0 Å². The number of carbonyl (C=O) groups excluding carboxylic acids is 1. The van der Waals surface area contributed by atoms with Gasteiger partial charge in [0, 0.05) is 26.6 Å². The summed E-state index contributed by atoms with van der Waals surface area (Å²) in [6.07, 6.45) is 1.32. The van der Waals surface area contributed by atoms with Crippen LogP contribution in [0.25, 0.3) is 0 Å². The first-order valence-corrected chi connectivity index (χ1v) is 10.4. The highest BCUT2D eigenvalue weighted by Gasteiger charge is 2.15. The van der Waals surface area contributed by atoms with Crippen LogP contribution in [0.4, 0.5) is 5.69 Å². The van der Waals surface area contributed by atoms with Crippen molar-refractivity contribution in [2.24, 2.45) is 5.10 Å². The van der Waals surface area contributed by atoms with Gasteiger partial charge in [-0.05, 0) is 54.6 Å². The Labute approximate surface area is 192 Å². The van der Waals surface area contributed by atoms with E-state index in [1.165, 1.54) is 24.0 Å². The number of ether oxygens (including phenoxy) is 1. The lowest BCUT2D eigenvalue weighted by Crippen LogP contribution is -2.24. The van der Waals surface area contributed by atoms with Crippen molar-refractivity contribution in [1.29, 1.82) is 0 Å². The Kier molecular flexibility index (Phi) is 7.88. The Morgan fingerprint density at radius 1 is 1.06 bits per heavy atom. The van der Waals surface area contributed by atoms with Crippen molar-refractivity contribution in [1.82, 2.24) is 5.43 Å². The SMILES string of the molecule is O=C(COc1ccc(Cl)cc1)N/N=C/c1ccc(Sc2ccc(Cl)cc2)c([N+](=O)[O-])c1. The second kappa shape index (κ2) is 10.8. The maximum atomic E-state index is 11.8. The standard InChI is InChI=1S/C21H15Cl2N3O4S/c22-15-2-6-17(7-3-15)30-13-21(27)25-24-12-14-1-10-20(19(11-14)26(28)29)31-18-8-4-16(23)5-9-18/h1-12H,13H2,(H,25,27)/b24-12+. The van der Waals surface area contributed by atoms with Gasteiger partial charge in [-0.3, -0.25) is 14.9 Å². The zero-order valence-corrected chi connectivity index (χ0v) is 18.2. The lowest BCUT2D eigenvalue weighted by atomic mass is 10.2. The molecule has 0 radical (unpaired) electrons. The summed E-state index contributed by atoms with van der Waals surface area (Å²) < 4.78 is 5.31. The van der Waals surface area contributed by atoms with Crippen LogP contribution in [0.1, 0.15) is 5.56 Å². The summed E-state index contributed by atoms with van der Waals surface area (Å²) in [5, 5.41) is 16.4. The van der Waals surface area contributed by atoms with Gasteiger partial charge in [-0.15, -0.1) is 0 Å². The smallest absolute Gasteiger partial charge is 0.283 e. The first-order chi connectivity index (χ1) is 14.9. The minimum Gasteiger partial charge on any atom is -0.484 e. The summed E-state index contributed by atoms with van der Waals surface area (Å²) in [5.74, 6) is 0.0172. The van der Waals surface area contributed by atoms with E-state index in [4.69, 9.17) is 27.9 Å². The van der Waals surface area contributed by atoms with Gasteiger partial charge >= 0.3 is 0 Å². The van der Waals surface area contributed by atoms with E-state index in [1.807, 2.05) is 0 Å². The zero-order valence-electron chi connectivity index (χ0n) is 15.8.